The summed E-state index contributed by atoms with van der Waals surface area (Å²) in [6.07, 6.45) is 4.15. The van der Waals surface area contributed by atoms with E-state index in [1.807, 2.05) is 6.07 Å². The van der Waals surface area contributed by atoms with Gasteiger partial charge in [-0.05, 0) is 31.5 Å². The molecular weight excluding hydrogens is 232 g/mol. The second-order valence-electron chi connectivity index (χ2n) is 3.48. The molecule has 0 aliphatic carbocycles. The summed E-state index contributed by atoms with van der Waals surface area (Å²) < 4.78 is 5.48. The molecule has 3 nitrogen and oxygen atoms in total. The number of hydrogen-bond donors (Lipinski definition) is 1. The van der Waals surface area contributed by atoms with Crippen LogP contribution in [-0.2, 0) is 0 Å². The molecule has 15 heavy (non-hydrogen) atoms. The average molecular weight is 245 g/mol. The summed E-state index contributed by atoms with van der Waals surface area (Å²) in [5.41, 5.74) is 0. The normalized spacial score (nSPS) is 20.5. The van der Waals surface area contributed by atoms with Gasteiger partial charge in [0.05, 0.1) is 18.2 Å². The molecule has 1 atom stereocenters. The second kappa shape index (κ2) is 5.58. The minimum absolute atomic E-state index is 0.491. The van der Waals surface area contributed by atoms with E-state index in [0.717, 1.165) is 18.0 Å². The fourth-order valence-corrected chi connectivity index (χ4v) is 2.36. The van der Waals surface area contributed by atoms with Crippen LogP contribution in [0.3, 0.4) is 0 Å². The molecular formula is C10H13ClN2OS. The van der Waals surface area contributed by atoms with Gasteiger partial charge in [0.15, 0.2) is 5.75 Å². The van der Waals surface area contributed by atoms with Crippen molar-refractivity contribution in [1.82, 2.24) is 10.3 Å². The van der Waals surface area contributed by atoms with Crippen LogP contribution in [0.4, 0.5) is 0 Å². The highest BCUT2D eigenvalue weighted by atomic mass is 35.5. The predicted molar refractivity (Wildman–Crippen MR) is 63.4 cm³/mol. The standard InChI is InChI=1S/C10H13ClN2OS/c11-10-4-3-9(6-13-10)14-15-7-8-2-1-5-12-8/h3-4,6,8,12H,1-2,5,7H2. The fourth-order valence-electron chi connectivity index (χ4n) is 1.49. The smallest absolute Gasteiger partial charge is 0.155 e. The molecule has 1 saturated heterocycles. The first-order valence-electron chi connectivity index (χ1n) is 4.99. The van der Waals surface area contributed by atoms with Crippen molar-refractivity contribution in [3.8, 4) is 5.75 Å². The van der Waals surface area contributed by atoms with Gasteiger partial charge in [0.1, 0.15) is 5.15 Å². The molecule has 1 fully saturated rings. The molecule has 1 aromatic heterocycles. The summed E-state index contributed by atoms with van der Waals surface area (Å²) in [6.45, 7) is 1.13. The largest absolute Gasteiger partial charge is 0.424 e. The number of hydrogen-bond acceptors (Lipinski definition) is 4. The highest BCUT2D eigenvalue weighted by Crippen LogP contribution is 2.19. The van der Waals surface area contributed by atoms with Crippen LogP contribution in [-0.4, -0.2) is 23.3 Å². The molecule has 2 heterocycles. The van der Waals surface area contributed by atoms with Crippen LogP contribution in [0.1, 0.15) is 12.8 Å². The molecule has 1 N–H and O–H groups in total. The van der Waals surface area contributed by atoms with Crippen molar-refractivity contribution in [2.24, 2.45) is 0 Å². The number of pyridine rings is 1. The average Bonchev–Trinajstić information content (AvgIpc) is 2.74. The Hall–Kier alpha value is -0.450. The van der Waals surface area contributed by atoms with Crippen molar-refractivity contribution in [2.75, 3.05) is 12.3 Å². The van der Waals surface area contributed by atoms with Gasteiger partial charge in [-0.1, -0.05) is 11.6 Å². The quantitative estimate of drug-likeness (QED) is 0.652. The molecule has 0 radical (unpaired) electrons. The van der Waals surface area contributed by atoms with E-state index in [4.69, 9.17) is 15.8 Å². The summed E-state index contributed by atoms with van der Waals surface area (Å²) in [6, 6.07) is 4.14. The van der Waals surface area contributed by atoms with Gasteiger partial charge in [-0.2, -0.15) is 0 Å². The number of halogens is 1. The Morgan fingerprint density at radius 2 is 2.53 bits per heavy atom. The predicted octanol–water partition coefficient (Wildman–Crippen LogP) is 2.51. The molecule has 0 aromatic carbocycles. The van der Waals surface area contributed by atoms with Gasteiger partial charge in [0.2, 0.25) is 0 Å². The first kappa shape index (κ1) is 11.0. The van der Waals surface area contributed by atoms with Crippen LogP contribution >= 0.6 is 23.6 Å². The summed E-state index contributed by atoms with van der Waals surface area (Å²) in [7, 11) is 0. The molecule has 0 saturated carbocycles. The molecule has 2 rings (SSSR count). The van der Waals surface area contributed by atoms with Gasteiger partial charge in [-0.3, -0.25) is 0 Å². The van der Waals surface area contributed by atoms with Crippen molar-refractivity contribution in [3.05, 3.63) is 23.5 Å². The minimum Gasteiger partial charge on any atom is -0.424 e. The molecule has 82 valence electrons. The van der Waals surface area contributed by atoms with Gasteiger partial charge in [-0.15, -0.1) is 0 Å². The molecule has 1 aliphatic rings. The third kappa shape index (κ3) is 3.55. The zero-order valence-corrected chi connectivity index (χ0v) is 9.85. The molecule has 1 aliphatic heterocycles. The van der Waals surface area contributed by atoms with Gasteiger partial charge < -0.3 is 9.50 Å². The van der Waals surface area contributed by atoms with Crippen LogP contribution < -0.4 is 9.50 Å². The topological polar surface area (TPSA) is 34.1 Å². The van der Waals surface area contributed by atoms with E-state index in [9.17, 15) is 0 Å². The summed E-state index contributed by atoms with van der Waals surface area (Å²) >= 11 is 7.13. The van der Waals surface area contributed by atoms with Crippen LogP contribution in [0, 0.1) is 0 Å². The lowest BCUT2D eigenvalue weighted by Crippen LogP contribution is -2.23. The minimum atomic E-state index is 0.491. The highest BCUT2D eigenvalue weighted by molar-refractivity contribution is 7.95. The summed E-state index contributed by atoms with van der Waals surface area (Å²) in [5.74, 6) is 1.73. The van der Waals surface area contributed by atoms with Gasteiger partial charge in [0.25, 0.3) is 0 Å². The second-order valence-corrected chi connectivity index (χ2v) is 4.60. The Kier molecular flexibility index (Phi) is 4.11. The van der Waals surface area contributed by atoms with E-state index < -0.39 is 0 Å². The third-order valence-electron chi connectivity index (χ3n) is 2.29. The molecule has 1 aromatic rings. The molecule has 0 amide bonds. The maximum absolute atomic E-state index is 5.67. The Balaban J connectivity index is 1.71. The van der Waals surface area contributed by atoms with E-state index in [-0.39, 0.29) is 0 Å². The highest BCUT2D eigenvalue weighted by Gasteiger charge is 2.14. The summed E-state index contributed by atoms with van der Waals surface area (Å²) in [4.78, 5) is 3.94. The van der Waals surface area contributed by atoms with Gasteiger partial charge in [0, 0.05) is 11.8 Å². The number of nitrogens with zero attached hydrogens (tertiary/aromatic N) is 1. The maximum Gasteiger partial charge on any atom is 0.155 e. The number of rotatable bonds is 4. The van der Waals surface area contributed by atoms with E-state index in [2.05, 4.69) is 10.3 Å². The van der Waals surface area contributed by atoms with Crippen LogP contribution in [0.2, 0.25) is 5.15 Å². The van der Waals surface area contributed by atoms with Crippen molar-refractivity contribution >= 4 is 23.6 Å². The third-order valence-corrected chi connectivity index (χ3v) is 3.36. The molecule has 0 spiro atoms. The van der Waals surface area contributed by atoms with E-state index >= 15 is 0 Å². The lowest BCUT2D eigenvalue weighted by atomic mass is 10.3. The van der Waals surface area contributed by atoms with Crippen molar-refractivity contribution in [2.45, 2.75) is 18.9 Å². The number of aromatic nitrogens is 1. The van der Waals surface area contributed by atoms with E-state index in [1.54, 1.807) is 12.3 Å². The van der Waals surface area contributed by atoms with Crippen LogP contribution in [0.5, 0.6) is 5.75 Å². The van der Waals surface area contributed by atoms with E-state index in [1.165, 1.54) is 24.9 Å². The first-order chi connectivity index (χ1) is 7.34. The van der Waals surface area contributed by atoms with Gasteiger partial charge in [-0.25, -0.2) is 4.98 Å². The van der Waals surface area contributed by atoms with E-state index in [0.29, 0.717) is 11.2 Å². The summed E-state index contributed by atoms with van der Waals surface area (Å²) in [5, 5.41) is 3.90. The fraction of sp³-hybridized carbons (Fsp3) is 0.500. The monoisotopic (exact) mass is 244 g/mol. The van der Waals surface area contributed by atoms with Crippen LogP contribution in [0.15, 0.2) is 18.3 Å². The first-order valence-corrected chi connectivity index (χ1v) is 6.28. The van der Waals surface area contributed by atoms with Gasteiger partial charge >= 0.3 is 0 Å². The molecule has 1 unspecified atom stereocenters. The molecule has 0 bridgehead atoms. The Morgan fingerprint density at radius 1 is 1.60 bits per heavy atom. The maximum atomic E-state index is 5.67. The SMILES string of the molecule is Clc1ccc(OSCC2CCCN2)cn1. The lowest BCUT2D eigenvalue weighted by Gasteiger charge is -2.09. The Morgan fingerprint density at radius 3 is 3.20 bits per heavy atom. The van der Waals surface area contributed by atoms with Crippen molar-refractivity contribution in [3.63, 3.8) is 0 Å². The Labute approximate surface area is 98.8 Å². The Bertz CT molecular complexity index is 301. The van der Waals surface area contributed by atoms with Crippen molar-refractivity contribution in [1.29, 1.82) is 0 Å². The van der Waals surface area contributed by atoms with Crippen molar-refractivity contribution < 1.29 is 4.18 Å². The van der Waals surface area contributed by atoms with Crippen LogP contribution in [0.25, 0.3) is 0 Å². The molecule has 5 heteroatoms. The zero-order chi connectivity index (χ0) is 10.5. The lowest BCUT2D eigenvalue weighted by molar-refractivity contribution is 0.618. The number of nitrogens with one attached hydrogen (secondary N) is 1. The zero-order valence-electron chi connectivity index (χ0n) is 8.28.